The highest BCUT2D eigenvalue weighted by Crippen LogP contribution is 2.27. The maximum Gasteiger partial charge on any atom is 0.245 e. The van der Waals surface area contributed by atoms with Gasteiger partial charge in [0, 0.05) is 13.1 Å². The first-order chi connectivity index (χ1) is 8.09. The van der Waals surface area contributed by atoms with Crippen LogP contribution < -0.4 is 0 Å². The molecular weight excluding hydrogens is 308 g/mol. The first-order valence-electron chi connectivity index (χ1n) is 5.47. The number of rotatable bonds is 2. The van der Waals surface area contributed by atoms with Crippen molar-refractivity contribution < 1.29 is 9.18 Å². The summed E-state index contributed by atoms with van der Waals surface area (Å²) in [5.41, 5.74) is 0.504. The predicted octanol–water partition coefficient (Wildman–Crippen LogP) is 3.49. The van der Waals surface area contributed by atoms with Crippen molar-refractivity contribution in [2.45, 2.75) is 18.2 Å². The Bertz CT molecular complexity index is 435. The summed E-state index contributed by atoms with van der Waals surface area (Å²) in [5.74, 6) is -0.534. The number of hydrogen-bond donors (Lipinski definition) is 0. The van der Waals surface area contributed by atoms with Crippen molar-refractivity contribution in [2.75, 3.05) is 13.1 Å². The number of likely N-dealkylation sites (tertiary alicyclic amines) is 1. The monoisotopic (exact) mass is 319 g/mol. The van der Waals surface area contributed by atoms with Gasteiger partial charge in [-0.05, 0) is 46.5 Å². The van der Waals surface area contributed by atoms with Crippen LogP contribution in [0, 0.1) is 5.82 Å². The van der Waals surface area contributed by atoms with E-state index >= 15 is 0 Å². The van der Waals surface area contributed by atoms with Gasteiger partial charge in [-0.1, -0.05) is 6.07 Å². The van der Waals surface area contributed by atoms with Gasteiger partial charge < -0.3 is 4.90 Å². The van der Waals surface area contributed by atoms with Crippen molar-refractivity contribution in [3.8, 4) is 0 Å². The highest BCUT2D eigenvalue weighted by Gasteiger charge is 2.26. The minimum Gasteiger partial charge on any atom is -0.341 e. The zero-order chi connectivity index (χ0) is 12.4. The number of alkyl halides is 1. The molecule has 0 aliphatic carbocycles. The number of halogens is 3. The fourth-order valence-electron chi connectivity index (χ4n) is 1.91. The average molecular weight is 321 g/mol. The quantitative estimate of drug-likeness (QED) is 0.764. The molecule has 0 bridgehead atoms. The topological polar surface area (TPSA) is 20.3 Å². The normalized spacial score (nSPS) is 17.2. The van der Waals surface area contributed by atoms with Gasteiger partial charge in [-0.2, -0.15) is 0 Å². The molecule has 0 N–H and O–H groups in total. The maximum absolute atomic E-state index is 13.3. The molecular formula is C12H12BrClFNO. The molecule has 2 rings (SSSR count). The van der Waals surface area contributed by atoms with Crippen molar-refractivity contribution in [3.05, 3.63) is 34.1 Å². The van der Waals surface area contributed by atoms with E-state index in [9.17, 15) is 9.18 Å². The second kappa shape index (κ2) is 5.36. The van der Waals surface area contributed by atoms with Crippen LogP contribution in [0.4, 0.5) is 4.39 Å². The van der Waals surface area contributed by atoms with Crippen molar-refractivity contribution in [1.29, 1.82) is 0 Å². The molecule has 17 heavy (non-hydrogen) atoms. The van der Waals surface area contributed by atoms with E-state index in [4.69, 9.17) is 11.6 Å². The molecule has 0 radical (unpaired) electrons. The van der Waals surface area contributed by atoms with Crippen LogP contribution in [0.5, 0.6) is 0 Å². The van der Waals surface area contributed by atoms with E-state index in [-0.39, 0.29) is 5.91 Å². The van der Waals surface area contributed by atoms with Crippen molar-refractivity contribution in [2.24, 2.45) is 0 Å². The lowest BCUT2D eigenvalue weighted by molar-refractivity contribution is -0.129. The zero-order valence-corrected chi connectivity index (χ0v) is 11.5. The second-order valence-electron chi connectivity index (χ2n) is 4.07. The van der Waals surface area contributed by atoms with Crippen LogP contribution in [0.15, 0.2) is 22.7 Å². The van der Waals surface area contributed by atoms with Gasteiger partial charge in [0.2, 0.25) is 5.91 Å². The summed E-state index contributed by atoms with van der Waals surface area (Å²) in [4.78, 5) is 13.7. The Labute approximate surface area is 113 Å². The highest BCUT2D eigenvalue weighted by atomic mass is 79.9. The van der Waals surface area contributed by atoms with E-state index in [2.05, 4.69) is 15.9 Å². The first-order valence-corrected chi connectivity index (χ1v) is 6.70. The Hall–Kier alpha value is -0.610. The summed E-state index contributed by atoms with van der Waals surface area (Å²) >= 11 is 9.16. The summed E-state index contributed by atoms with van der Waals surface area (Å²) < 4.78 is 13.7. The molecule has 1 aliphatic rings. The molecule has 0 aromatic heterocycles. The third kappa shape index (κ3) is 2.80. The molecule has 1 aliphatic heterocycles. The molecule has 1 fully saturated rings. The van der Waals surface area contributed by atoms with Gasteiger partial charge in [0.15, 0.2) is 0 Å². The standard InChI is InChI=1S/C12H12BrClFNO/c13-9-4-3-8(7-10(9)15)11(14)12(17)16-5-1-2-6-16/h3-4,7,11H,1-2,5-6H2. The van der Waals surface area contributed by atoms with Gasteiger partial charge in [0.25, 0.3) is 0 Å². The number of carbonyl (C=O) groups excluding carboxylic acids is 1. The van der Waals surface area contributed by atoms with Crippen molar-refractivity contribution >= 4 is 33.4 Å². The van der Waals surface area contributed by atoms with Crippen LogP contribution in [0.2, 0.25) is 0 Å². The first kappa shape index (κ1) is 12.8. The number of amides is 1. The summed E-state index contributed by atoms with van der Waals surface area (Å²) in [6.07, 6.45) is 2.04. The second-order valence-corrected chi connectivity index (χ2v) is 5.36. The molecule has 1 unspecified atom stereocenters. The fourth-order valence-corrected chi connectivity index (χ4v) is 2.43. The minimum absolute atomic E-state index is 0.133. The highest BCUT2D eigenvalue weighted by molar-refractivity contribution is 9.10. The van der Waals surface area contributed by atoms with E-state index in [1.165, 1.54) is 6.07 Å². The van der Waals surface area contributed by atoms with E-state index in [1.54, 1.807) is 17.0 Å². The minimum atomic E-state index is -0.796. The van der Waals surface area contributed by atoms with Gasteiger partial charge in [-0.25, -0.2) is 4.39 Å². The van der Waals surface area contributed by atoms with Gasteiger partial charge in [-0.3, -0.25) is 4.79 Å². The van der Waals surface area contributed by atoms with Crippen LogP contribution in [0.1, 0.15) is 23.8 Å². The van der Waals surface area contributed by atoms with E-state index < -0.39 is 11.2 Å². The lowest BCUT2D eigenvalue weighted by atomic mass is 10.1. The van der Waals surface area contributed by atoms with E-state index in [0.717, 1.165) is 25.9 Å². The number of benzene rings is 1. The zero-order valence-electron chi connectivity index (χ0n) is 9.13. The van der Waals surface area contributed by atoms with E-state index in [0.29, 0.717) is 10.0 Å². The molecule has 1 saturated heterocycles. The van der Waals surface area contributed by atoms with Crippen LogP contribution in [-0.4, -0.2) is 23.9 Å². The summed E-state index contributed by atoms with van der Waals surface area (Å²) in [7, 11) is 0. The SMILES string of the molecule is O=C(C(Cl)c1ccc(Br)c(F)c1)N1CCCC1. The Balaban J connectivity index is 2.15. The number of carbonyl (C=O) groups is 1. The van der Waals surface area contributed by atoms with Gasteiger partial charge >= 0.3 is 0 Å². The van der Waals surface area contributed by atoms with Crippen molar-refractivity contribution in [3.63, 3.8) is 0 Å². The Morgan fingerprint density at radius 2 is 2.06 bits per heavy atom. The fraction of sp³-hybridized carbons (Fsp3) is 0.417. The molecule has 1 amide bonds. The molecule has 92 valence electrons. The number of hydrogen-bond acceptors (Lipinski definition) is 1. The molecule has 1 atom stereocenters. The Kier molecular flexibility index (Phi) is 4.05. The molecule has 0 saturated carbocycles. The third-order valence-electron chi connectivity index (χ3n) is 2.87. The van der Waals surface area contributed by atoms with Crippen LogP contribution in [-0.2, 0) is 4.79 Å². The predicted molar refractivity (Wildman–Crippen MR) is 68.5 cm³/mol. The average Bonchev–Trinajstić information content (AvgIpc) is 2.84. The van der Waals surface area contributed by atoms with E-state index in [1.807, 2.05) is 0 Å². The largest absolute Gasteiger partial charge is 0.341 e. The molecule has 1 aromatic carbocycles. The Morgan fingerprint density at radius 1 is 1.41 bits per heavy atom. The molecule has 5 heteroatoms. The molecule has 0 spiro atoms. The third-order valence-corrected chi connectivity index (χ3v) is 3.95. The lowest BCUT2D eigenvalue weighted by Crippen LogP contribution is -2.30. The summed E-state index contributed by atoms with van der Waals surface area (Å²) in [5, 5.41) is -0.796. The van der Waals surface area contributed by atoms with Gasteiger partial charge in [0.1, 0.15) is 11.2 Å². The Morgan fingerprint density at radius 3 is 2.65 bits per heavy atom. The lowest BCUT2D eigenvalue weighted by Gasteiger charge is -2.19. The molecule has 1 heterocycles. The van der Waals surface area contributed by atoms with Crippen LogP contribution in [0.25, 0.3) is 0 Å². The smallest absolute Gasteiger partial charge is 0.245 e. The number of nitrogens with zero attached hydrogens (tertiary/aromatic N) is 1. The molecule has 2 nitrogen and oxygen atoms in total. The van der Waals surface area contributed by atoms with Crippen LogP contribution >= 0.6 is 27.5 Å². The van der Waals surface area contributed by atoms with Crippen molar-refractivity contribution in [1.82, 2.24) is 4.90 Å². The molecule has 1 aromatic rings. The summed E-state index contributed by atoms with van der Waals surface area (Å²) in [6, 6.07) is 4.53. The maximum atomic E-state index is 13.3. The van der Waals surface area contributed by atoms with Gasteiger partial charge in [-0.15, -0.1) is 11.6 Å². The van der Waals surface area contributed by atoms with Gasteiger partial charge in [0.05, 0.1) is 4.47 Å². The van der Waals surface area contributed by atoms with Crippen LogP contribution in [0.3, 0.4) is 0 Å². The summed E-state index contributed by atoms with van der Waals surface area (Å²) in [6.45, 7) is 1.50.